The van der Waals surface area contributed by atoms with Gasteiger partial charge in [0.1, 0.15) is 5.54 Å². The zero-order valence-corrected chi connectivity index (χ0v) is 11.8. The molecule has 1 saturated heterocycles. The lowest BCUT2D eigenvalue weighted by Gasteiger charge is -2.35. The number of aromatic nitrogens is 2. The van der Waals surface area contributed by atoms with Gasteiger partial charge in [-0.25, -0.2) is 0 Å². The highest BCUT2D eigenvalue weighted by Gasteiger charge is 2.48. The van der Waals surface area contributed by atoms with Gasteiger partial charge in [0.25, 0.3) is 0 Å². The maximum absolute atomic E-state index is 12.5. The van der Waals surface area contributed by atoms with Gasteiger partial charge in [0.15, 0.2) is 0 Å². The minimum atomic E-state index is -1.01. The topological polar surface area (TPSA) is 90.4 Å². The molecule has 0 spiro atoms. The van der Waals surface area contributed by atoms with Crippen molar-refractivity contribution in [3.8, 4) is 0 Å². The van der Waals surface area contributed by atoms with Crippen LogP contribution in [0.2, 0.25) is 0 Å². The van der Waals surface area contributed by atoms with Crippen LogP contribution in [0.3, 0.4) is 0 Å². The summed E-state index contributed by atoms with van der Waals surface area (Å²) in [5, 5.41) is 4.03. The van der Waals surface area contributed by atoms with Gasteiger partial charge in [-0.3, -0.25) is 14.3 Å². The number of hydrogen-bond donors (Lipinski definition) is 1. The molecule has 20 heavy (non-hydrogen) atoms. The summed E-state index contributed by atoms with van der Waals surface area (Å²) >= 11 is 0. The van der Waals surface area contributed by atoms with Gasteiger partial charge in [-0.05, 0) is 18.9 Å². The minimum absolute atomic E-state index is 0.123. The molecule has 1 aliphatic rings. The quantitative estimate of drug-likeness (QED) is 0.784. The van der Waals surface area contributed by atoms with Crippen molar-refractivity contribution in [2.45, 2.75) is 24.8 Å². The molecule has 1 atom stereocenters. The van der Waals surface area contributed by atoms with Crippen LogP contribution < -0.4 is 5.73 Å². The highest BCUT2D eigenvalue weighted by atomic mass is 16.5. The molecule has 1 aromatic rings. The van der Waals surface area contributed by atoms with Gasteiger partial charge < -0.3 is 15.4 Å². The molecule has 1 aromatic heterocycles. The summed E-state index contributed by atoms with van der Waals surface area (Å²) < 4.78 is 6.77. The molecule has 1 aliphatic heterocycles. The average Bonchev–Trinajstić information content (AvgIpc) is 2.98. The number of ether oxygens (including phenoxy) is 1. The molecule has 1 unspecified atom stereocenters. The smallest absolute Gasteiger partial charge is 0.245 e. The number of rotatable bonds is 5. The SMILES string of the molecule is COCC1(C(N)=O)CCCN1C(=O)Cc1ccnn1C. The van der Waals surface area contributed by atoms with E-state index in [9.17, 15) is 9.59 Å². The molecule has 7 heteroatoms. The fourth-order valence-corrected chi connectivity index (χ4v) is 2.78. The zero-order chi connectivity index (χ0) is 14.8. The molecule has 2 heterocycles. The molecule has 110 valence electrons. The maximum atomic E-state index is 12.5. The van der Waals surface area contributed by atoms with Crippen molar-refractivity contribution < 1.29 is 14.3 Å². The largest absolute Gasteiger partial charge is 0.382 e. The maximum Gasteiger partial charge on any atom is 0.245 e. The number of nitrogens with zero attached hydrogens (tertiary/aromatic N) is 3. The molecular formula is C13H20N4O3. The number of primary amides is 1. The van der Waals surface area contributed by atoms with Gasteiger partial charge in [0.05, 0.1) is 13.0 Å². The van der Waals surface area contributed by atoms with E-state index in [0.29, 0.717) is 13.0 Å². The Morgan fingerprint density at radius 1 is 1.55 bits per heavy atom. The fraction of sp³-hybridized carbons (Fsp3) is 0.615. The third kappa shape index (κ3) is 2.40. The molecular weight excluding hydrogens is 260 g/mol. The number of carbonyl (C=O) groups is 2. The summed E-state index contributed by atoms with van der Waals surface area (Å²) in [6.45, 7) is 0.669. The van der Waals surface area contributed by atoms with E-state index in [0.717, 1.165) is 12.1 Å². The predicted molar refractivity (Wildman–Crippen MR) is 71.7 cm³/mol. The third-order valence-corrected chi connectivity index (χ3v) is 3.89. The first-order chi connectivity index (χ1) is 9.51. The summed E-state index contributed by atoms with van der Waals surface area (Å²) in [5.74, 6) is -0.628. The van der Waals surface area contributed by atoms with Gasteiger partial charge >= 0.3 is 0 Å². The second-order valence-electron chi connectivity index (χ2n) is 5.10. The summed E-state index contributed by atoms with van der Waals surface area (Å²) in [6.07, 6.45) is 3.15. The predicted octanol–water partition coefficient (Wildman–Crippen LogP) is -0.544. The molecule has 0 radical (unpaired) electrons. The van der Waals surface area contributed by atoms with E-state index < -0.39 is 11.4 Å². The Kier molecular flexibility index (Phi) is 4.08. The number of carbonyl (C=O) groups excluding carboxylic acids is 2. The van der Waals surface area contributed by atoms with Crippen LogP contribution in [0.15, 0.2) is 12.3 Å². The van der Waals surface area contributed by atoms with Crippen molar-refractivity contribution in [2.24, 2.45) is 12.8 Å². The van der Waals surface area contributed by atoms with Crippen LogP contribution in [0.1, 0.15) is 18.5 Å². The second-order valence-corrected chi connectivity index (χ2v) is 5.10. The van der Waals surface area contributed by atoms with Gasteiger partial charge in [0.2, 0.25) is 11.8 Å². The first-order valence-corrected chi connectivity index (χ1v) is 6.57. The van der Waals surface area contributed by atoms with E-state index in [-0.39, 0.29) is 18.9 Å². The van der Waals surface area contributed by atoms with Crippen molar-refractivity contribution >= 4 is 11.8 Å². The zero-order valence-electron chi connectivity index (χ0n) is 11.8. The lowest BCUT2D eigenvalue weighted by atomic mass is 9.96. The molecule has 2 rings (SSSR count). The van der Waals surface area contributed by atoms with E-state index >= 15 is 0 Å². The number of methoxy groups -OCH3 is 1. The Morgan fingerprint density at radius 3 is 2.85 bits per heavy atom. The normalized spacial score (nSPS) is 22.2. The minimum Gasteiger partial charge on any atom is -0.382 e. The number of hydrogen-bond acceptors (Lipinski definition) is 4. The summed E-state index contributed by atoms with van der Waals surface area (Å²) in [6, 6.07) is 1.79. The highest BCUT2D eigenvalue weighted by molar-refractivity contribution is 5.91. The molecule has 0 saturated carbocycles. The number of aryl methyl sites for hydroxylation is 1. The van der Waals surface area contributed by atoms with Crippen molar-refractivity contribution in [2.75, 3.05) is 20.3 Å². The molecule has 2 amide bonds. The van der Waals surface area contributed by atoms with Crippen LogP contribution in [0.4, 0.5) is 0 Å². The van der Waals surface area contributed by atoms with Gasteiger partial charge in [0, 0.05) is 32.6 Å². The van der Waals surface area contributed by atoms with E-state index in [1.54, 1.807) is 28.9 Å². The van der Waals surface area contributed by atoms with Crippen molar-refractivity contribution in [3.63, 3.8) is 0 Å². The third-order valence-electron chi connectivity index (χ3n) is 3.89. The molecule has 7 nitrogen and oxygen atoms in total. The summed E-state index contributed by atoms with van der Waals surface area (Å²) in [5.41, 5.74) is 5.31. The summed E-state index contributed by atoms with van der Waals surface area (Å²) in [7, 11) is 3.29. The number of nitrogens with two attached hydrogens (primary N) is 1. The van der Waals surface area contributed by atoms with E-state index in [2.05, 4.69) is 5.10 Å². The standard InChI is InChI=1S/C13H20N4O3/c1-16-10(4-6-15-16)8-11(18)17-7-3-5-13(17,9-20-2)12(14)19/h4,6H,3,5,7-9H2,1-2H3,(H2,14,19). The molecule has 0 aromatic carbocycles. The molecule has 0 aliphatic carbocycles. The Morgan fingerprint density at radius 2 is 2.30 bits per heavy atom. The number of likely N-dealkylation sites (tertiary alicyclic amines) is 1. The van der Waals surface area contributed by atoms with Gasteiger partial charge in [-0.2, -0.15) is 5.10 Å². The van der Waals surface area contributed by atoms with Crippen LogP contribution in [0.25, 0.3) is 0 Å². The first-order valence-electron chi connectivity index (χ1n) is 6.57. The Hall–Kier alpha value is -1.89. The molecule has 1 fully saturated rings. The van der Waals surface area contributed by atoms with Gasteiger partial charge in [-0.15, -0.1) is 0 Å². The van der Waals surface area contributed by atoms with E-state index in [1.165, 1.54) is 7.11 Å². The lowest BCUT2D eigenvalue weighted by molar-refractivity contribution is -0.146. The Balaban J connectivity index is 2.19. The van der Waals surface area contributed by atoms with Gasteiger partial charge in [-0.1, -0.05) is 0 Å². The average molecular weight is 280 g/mol. The van der Waals surface area contributed by atoms with Crippen molar-refractivity contribution in [3.05, 3.63) is 18.0 Å². The fourth-order valence-electron chi connectivity index (χ4n) is 2.78. The number of amides is 2. The Labute approximate surface area is 117 Å². The van der Waals surface area contributed by atoms with E-state index in [4.69, 9.17) is 10.5 Å². The molecule has 2 N–H and O–H groups in total. The van der Waals surface area contributed by atoms with Crippen LogP contribution in [-0.2, 0) is 27.8 Å². The first kappa shape index (κ1) is 14.5. The van der Waals surface area contributed by atoms with Crippen molar-refractivity contribution in [1.29, 1.82) is 0 Å². The van der Waals surface area contributed by atoms with Crippen LogP contribution in [-0.4, -0.2) is 52.3 Å². The monoisotopic (exact) mass is 280 g/mol. The lowest BCUT2D eigenvalue weighted by Crippen LogP contribution is -2.59. The van der Waals surface area contributed by atoms with E-state index in [1.807, 2.05) is 0 Å². The highest BCUT2D eigenvalue weighted by Crippen LogP contribution is 2.30. The van der Waals surface area contributed by atoms with Crippen LogP contribution in [0.5, 0.6) is 0 Å². The van der Waals surface area contributed by atoms with Crippen molar-refractivity contribution in [1.82, 2.24) is 14.7 Å². The van der Waals surface area contributed by atoms with Crippen LogP contribution >= 0.6 is 0 Å². The summed E-state index contributed by atoms with van der Waals surface area (Å²) in [4.78, 5) is 25.9. The van der Waals surface area contributed by atoms with Crippen LogP contribution in [0, 0.1) is 0 Å². The molecule has 0 bridgehead atoms. The Bertz CT molecular complexity index is 513. The second kappa shape index (κ2) is 5.62.